The van der Waals surface area contributed by atoms with Crippen molar-refractivity contribution in [2.24, 2.45) is 0 Å². The van der Waals surface area contributed by atoms with Crippen LogP contribution in [0.2, 0.25) is 0 Å². The molecule has 0 saturated carbocycles. The maximum Gasteiger partial charge on any atom is 2.00 e. The van der Waals surface area contributed by atoms with Gasteiger partial charge in [-0.05, 0) is 10.8 Å². The zero-order chi connectivity index (χ0) is 34.4. The Bertz CT molecular complexity index is 1880. The van der Waals surface area contributed by atoms with Gasteiger partial charge in [-0.25, -0.2) is 0 Å². The number of benzene rings is 4. The van der Waals surface area contributed by atoms with Crippen molar-refractivity contribution in [1.82, 2.24) is 0 Å². The van der Waals surface area contributed by atoms with Crippen LogP contribution in [-0.2, 0) is 44.6 Å². The van der Waals surface area contributed by atoms with E-state index in [1.807, 2.05) is 54.6 Å². The van der Waals surface area contributed by atoms with Crippen molar-refractivity contribution in [3.8, 4) is 0 Å². The summed E-state index contributed by atoms with van der Waals surface area (Å²) in [6.07, 6.45) is 8.92. The van der Waals surface area contributed by atoms with Crippen molar-refractivity contribution in [3.05, 3.63) is 154 Å². The molecule has 0 saturated heterocycles. The molecule has 0 nitrogen and oxygen atoms in total. The molecular formula is C41H36Cl6Zr. The Morgan fingerprint density at radius 3 is 1.35 bits per heavy atom. The first-order chi connectivity index (χ1) is 21.8. The third-order valence-electron chi connectivity index (χ3n) is 8.26. The summed E-state index contributed by atoms with van der Waals surface area (Å²) >= 11 is 36.3. The van der Waals surface area contributed by atoms with Crippen molar-refractivity contribution in [3.63, 3.8) is 0 Å². The van der Waals surface area contributed by atoms with E-state index in [0.717, 1.165) is 22.3 Å². The molecule has 0 spiro atoms. The zero-order valence-electron chi connectivity index (χ0n) is 27.7. The van der Waals surface area contributed by atoms with Crippen LogP contribution < -0.4 is 0 Å². The molecule has 1 aliphatic rings. The zero-order valence-corrected chi connectivity index (χ0v) is 34.7. The molecule has 5 aromatic carbocycles. The maximum atomic E-state index is 6.05. The fourth-order valence-corrected chi connectivity index (χ4v) is 6.33. The minimum absolute atomic E-state index is 0. The number of rotatable bonds is 2. The topological polar surface area (TPSA) is 0 Å². The van der Waals surface area contributed by atoms with E-state index in [2.05, 4.69) is 90.1 Å². The summed E-state index contributed by atoms with van der Waals surface area (Å²) in [5.41, 5.74) is 7.90. The van der Waals surface area contributed by atoms with Gasteiger partial charge in [-0.15, -0.1) is 45.8 Å². The van der Waals surface area contributed by atoms with Crippen molar-refractivity contribution < 1.29 is 26.2 Å². The molecule has 6 rings (SSSR count). The monoisotopic (exact) mass is 828 g/mol. The Kier molecular flexibility index (Phi) is 12.4. The van der Waals surface area contributed by atoms with Crippen molar-refractivity contribution in [2.45, 2.75) is 60.0 Å². The molecule has 0 amide bonds. The Morgan fingerprint density at radius 2 is 1.00 bits per heavy atom. The molecule has 0 aliphatic heterocycles. The third kappa shape index (κ3) is 9.27. The molecule has 0 unspecified atom stereocenters. The van der Waals surface area contributed by atoms with Crippen LogP contribution in [0.25, 0.3) is 27.1 Å². The summed E-state index contributed by atoms with van der Waals surface area (Å²) in [6.45, 7) is 13.6. The third-order valence-corrected chi connectivity index (χ3v) is 9.57. The second-order valence-electron chi connectivity index (χ2n) is 13.9. The SMILES string of the molecule is CC(C)(C)c1ccc2c(c1)[cH-]c1cc(C(C)(C)C)ccc12.ClC(Cl)(Cl)c1cccc(C(=C2[C-]=CC=C2)c2cccc(C(Cl)(Cl)Cl)c2)c1.[Zr+2]. The number of fused-ring (bicyclic) bond motifs is 3. The molecule has 0 atom stereocenters. The van der Waals surface area contributed by atoms with Gasteiger partial charge in [0.05, 0.1) is 0 Å². The van der Waals surface area contributed by atoms with E-state index in [-0.39, 0.29) is 37.0 Å². The van der Waals surface area contributed by atoms with E-state index in [1.54, 1.807) is 12.1 Å². The number of hydrogen-bond donors (Lipinski definition) is 0. The number of hydrogen-bond acceptors (Lipinski definition) is 0. The molecule has 5 aromatic rings. The van der Waals surface area contributed by atoms with Gasteiger partial charge in [-0.3, -0.25) is 0 Å². The van der Waals surface area contributed by atoms with Crippen LogP contribution >= 0.6 is 69.6 Å². The molecule has 246 valence electrons. The molecule has 0 heterocycles. The minimum Gasteiger partial charge on any atom is -0.177 e. The van der Waals surface area contributed by atoms with Crippen LogP contribution in [0.1, 0.15) is 74.9 Å². The van der Waals surface area contributed by atoms with Gasteiger partial charge in [0.2, 0.25) is 7.59 Å². The quantitative estimate of drug-likeness (QED) is 0.123. The number of alkyl halides is 6. The van der Waals surface area contributed by atoms with E-state index >= 15 is 0 Å². The van der Waals surface area contributed by atoms with Gasteiger partial charge in [0.1, 0.15) is 0 Å². The van der Waals surface area contributed by atoms with Gasteiger partial charge in [0, 0.05) is 11.1 Å². The summed E-state index contributed by atoms with van der Waals surface area (Å²) in [5, 5.41) is 5.48. The second kappa shape index (κ2) is 15.1. The summed E-state index contributed by atoms with van der Waals surface area (Å²) in [7, 11) is 0. The van der Waals surface area contributed by atoms with Crippen LogP contribution in [0.5, 0.6) is 0 Å². The Balaban J connectivity index is 0.000000217. The fraction of sp³-hybridized carbons (Fsp3) is 0.244. The fourth-order valence-electron chi connectivity index (χ4n) is 5.62. The van der Waals surface area contributed by atoms with E-state index in [9.17, 15) is 0 Å². The summed E-state index contributed by atoms with van der Waals surface area (Å²) in [4.78, 5) is 0. The summed E-state index contributed by atoms with van der Waals surface area (Å²) in [6, 6.07) is 31.0. The molecule has 0 bridgehead atoms. The van der Waals surface area contributed by atoms with Crippen LogP contribution in [-0.4, -0.2) is 0 Å². The molecule has 0 N–H and O–H groups in total. The molecular weight excluding hydrogens is 796 g/mol. The van der Waals surface area contributed by atoms with Gasteiger partial charge >= 0.3 is 26.2 Å². The van der Waals surface area contributed by atoms with Crippen molar-refractivity contribution >= 4 is 96.7 Å². The maximum absolute atomic E-state index is 6.05. The molecule has 7 heteroatoms. The predicted molar refractivity (Wildman–Crippen MR) is 209 cm³/mol. The number of allylic oxidation sites excluding steroid dienone is 5. The average molecular weight is 833 g/mol. The van der Waals surface area contributed by atoms with E-state index in [1.165, 1.54) is 32.7 Å². The molecule has 0 fully saturated rings. The van der Waals surface area contributed by atoms with E-state index in [0.29, 0.717) is 11.1 Å². The van der Waals surface area contributed by atoms with E-state index < -0.39 is 7.59 Å². The normalized spacial score (nSPS) is 13.5. The van der Waals surface area contributed by atoms with Gasteiger partial charge in [0.15, 0.2) is 0 Å². The average Bonchev–Trinajstić information content (AvgIpc) is 3.64. The first-order valence-electron chi connectivity index (χ1n) is 15.3. The summed E-state index contributed by atoms with van der Waals surface area (Å²) < 4.78 is -3.04. The largest absolute Gasteiger partial charge is 2.00 e. The van der Waals surface area contributed by atoms with Crippen molar-refractivity contribution in [2.75, 3.05) is 0 Å². The van der Waals surface area contributed by atoms with Crippen LogP contribution in [0.4, 0.5) is 0 Å². The summed E-state index contributed by atoms with van der Waals surface area (Å²) in [5.74, 6) is 0. The standard InChI is InChI=1S/C21H25.C20H11Cl6.Zr/c1-20(2,3)16-7-9-18-14(12-16)11-15-13-17(21(4,5)6)8-10-19(15)18;21-19(22,23)16-9-3-7-14(11-16)18(13-5-1-2-6-13)15-8-4-10-17(12-15)20(24,25)26;/h7-13H,1-6H3;1-5,7-12H;/q2*-1;+2. The first kappa shape index (κ1) is 39.4. The van der Waals surface area contributed by atoms with Crippen LogP contribution in [0.3, 0.4) is 0 Å². The van der Waals surface area contributed by atoms with E-state index in [4.69, 9.17) is 69.6 Å². The predicted octanol–water partition coefficient (Wildman–Crippen LogP) is 14.4. The number of halogens is 6. The van der Waals surface area contributed by atoms with Gasteiger partial charge in [0.25, 0.3) is 0 Å². The van der Waals surface area contributed by atoms with Crippen LogP contribution in [0, 0.1) is 6.08 Å². The Labute approximate surface area is 334 Å². The molecule has 1 aliphatic carbocycles. The molecule has 0 radical (unpaired) electrons. The Morgan fingerprint density at radius 1 is 0.562 bits per heavy atom. The van der Waals surface area contributed by atoms with Gasteiger partial charge in [-0.1, -0.05) is 212 Å². The first-order valence-corrected chi connectivity index (χ1v) is 17.6. The smallest absolute Gasteiger partial charge is 0.177 e. The van der Waals surface area contributed by atoms with Crippen LogP contribution in [0.15, 0.2) is 115 Å². The second-order valence-corrected chi connectivity index (χ2v) is 18.4. The van der Waals surface area contributed by atoms with Gasteiger partial charge in [-0.2, -0.15) is 23.8 Å². The minimum atomic E-state index is -1.52. The molecule has 0 aromatic heterocycles. The molecule has 48 heavy (non-hydrogen) atoms. The van der Waals surface area contributed by atoms with Crippen molar-refractivity contribution in [1.29, 1.82) is 0 Å². The Hall–Kier alpha value is -1.41. The van der Waals surface area contributed by atoms with Gasteiger partial charge < -0.3 is 0 Å².